The first-order valence-corrected chi connectivity index (χ1v) is 4.97. The lowest BCUT2D eigenvalue weighted by molar-refractivity contribution is 0.466. The van der Waals surface area contributed by atoms with Gasteiger partial charge in [0.1, 0.15) is 6.67 Å². The molecule has 0 saturated carbocycles. The van der Waals surface area contributed by atoms with Crippen LogP contribution in [0.3, 0.4) is 0 Å². The van der Waals surface area contributed by atoms with Crippen LogP contribution < -0.4 is 0 Å². The summed E-state index contributed by atoms with van der Waals surface area (Å²) in [6, 6.07) is 1.33. The Balaban J connectivity index is 3.24. The van der Waals surface area contributed by atoms with Gasteiger partial charge in [-0.15, -0.1) is 11.3 Å². The van der Waals surface area contributed by atoms with Gasteiger partial charge in [-0.25, -0.2) is 4.39 Å². The molecule has 0 unspecified atom stereocenters. The predicted molar refractivity (Wildman–Crippen MR) is 38.9 cm³/mol. The molecule has 6 heteroatoms. The quantitative estimate of drug-likeness (QED) is 0.728. The van der Waals surface area contributed by atoms with Crippen molar-refractivity contribution < 1.29 is 17.4 Å². The van der Waals surface area contributed by atoms with Gasteiger partial charge in [-0.2, -0.15) is 8.42 Å². The Morgan fingerprint density at radius 3 is 2.64 bits per heavy atom. The Kier molecular flexibility index (Phi) is 2.26. The van der Waals surface area contributed by atoms with Crippen LogP contribution in [0.1, 0.15) is 5.56 Å². The van der Waals surface area contributed by atoms with Gasteiger partial charge < -0.3 is 0 Å². The Morgan fingerprint density at radius 2 is 2.27 bits per heavy atom. The normalized spacial score (nSPS) is 11.8. The van der Waals surface area contributed by atoms with Crippen LogP contribution in [0.25, 0.3) is 0 Å². The van der Waals surface area contributed by atoms with Crippen LogP contribution in [0.15, 0.2) is 15.7 Å². The average molecular weight is 196 g/mol. The second-order valence-electron chi connectivity index (χ2n) is 1.84. The molecule has 1 aromatic rings. The van der Waals surface area contributed by atoms with E-state index in [1.54, 1.807) is 0 Å². The lowest BCUT2D eigenvalue weighted by Crippen LogP contribution is -1.97. The molecule has 0 bridgehead atoms. The fourth-order valence-electron chi connectivity index (χ4n) is 0.647. The molecule has 1 aromatic heterocycles. The first-order chi connectivity index (χ1) is 5.05. The summed E-state index contributed by atoms with van der Waals surface area (Å²) in [5.41, 5.74) is 0.0116. The average Bonchev–Trinajstić information content (AvgIpc) is 2.31. The molecule has 62 valence electrons. The van der Waals surface area contributed by atoms with Gasteiger partial charge in [-0.3, -0.25) is 4.55 Å². The van der Waals surface area contributed by atoms with Crippen LogP contribution in [0.5, 0.6) is 0 Å². The number of hydrogen-bond acceptors (Lipinski definition) is 3. The molecule has 1 N–H and O–H groups in total. The SMILES string of the molecule is O=S(=O)(O)c1sccc1CF. The van der Waals surface area contributed by atoms with Crippen LogP contribution >= 0.6 is 11.3 Å². The third kappa shape index (κ3) is 1.76. The highest BCUT2D eigenvalue weighted by atomic mass is 32.3. The summed E-state index contributed by atoms with van der Waals surface area (Å²) in [4.78, 5) is 0. The number of hydrogen-bond donors (Lipinski definition) is 1. The summed E-state index contributed by atoms with van der Waals surface area (Å²) in [6.45, 7) is -0.876. The molecule has 0 spiro atoms. The van der Waals surface area contributed by atoms with E-state index in [4.69, 9.17) is 4.55 Å². The van der Waals surface area contributed by atoms with Crippen molar-refractivity contribution in [3.05, 3.63) is 17.0 Å². The van der Waals surface area contributed by atoms with Crippen molar-refractivity contribution in [2.45, 2.75) is 10.9 Å². The van der Waals surface area contributed by atoms with Crippen molar-refractivity contribution in [2.75, 3.05) is 0 Å². The maximum Gasteiger partial charge on any atom is 0.304 e. The lowest BCUT2D eigenvalue weighted by Gasteiger charge is -1.92. The van der Waals surface area contributed by atoms with E-state index in [0.717, 1.165) is 11.3 Å². The van der Waals surface area contributed by atoms with E-state index in [2.05, 4.69) is 0 Å². The van der Waals surface area contributed by atoms with E-state index < -0.39 is 16.8 Å². The van der Waals surface area contributed by atoms with E-state index >= 15 is 0 Å². The fourth-order valence-corrected chi connectivity index (χ4v) is 2.38. The van der Waals surface area contributed by atoms with Gasteiger partial charge in [0.05, 0.1) is 0 Å². The molecule has 0 amide bonds. The number of thiophene rings is 1. The Hall–Kier alpha value is -0.460. The molecule has 0 aromatic carbocycles. The van der Waals surface area contributed by atoms with Crippen LogP contribution in [0.2, 0.25) is 0 Å². The Labute approximate surface area is 67.2 Å². The third-order valence-corrected chi connectivity index (χ3v) is 3.48. The molecule has 11 heavy (non-hydrogen) atoms. The summed E-state index contributed by atoms with van der Waals surface area (Å²) in [5.74, 6) is 0. The summed E-state index contributed by atoms with van der Waals surface area (Å²) < 4.78 is 41.1. The van der Waals surface area contributed by atoms with Crippen molar-refractivity contribution >= 4 is 21.5 Å². The molecule has 0 radical (unpaired) electrons. The van der Waals surface area contributed by atoms with Crippen molar-refractivity contribution in [2.24, 2.45) is 0 Å². The van der Waals surface area contributed by atoms with Crippen molar-refractivity contribution in [1.82, 2.24) is 0 Å². The molecule has 0 aliphatic heterocycles. The number of rotatable bonds is 2. The highest BCUT2D eigenvalue weighted by molar-refractivity contribution is 7.88. The van der Waals surface area contributed by atoms with Crippen LogP contribution in [-0.2, 0) is 16.8 Å². The van der Waals surface area contributed by atoms with Gasteiger partial charge in [0.15, 0.2) is 4.21 Å². The van der Waals surface area contributed by atoms with Gasteiger partial charge >= 0.3 is 10.1 Å². The molecular weight excluding hydrogens is 191 g/mol. The highest BCUT2D eigenvalue weighted by Crippen LogP contribution is 2.22. The topological polar surface area (TPSA) is 54.4 Å². The zero-order chi connectivity index (χ0) is 8.48. The van der Waals surface area contributed by atoms with Gasteiger partial charge in [0, 0.05) is 5.56 Å². The maximum absolute atomic E-state index is 12.0. The van der Waals surface area contributed by atoms with Crippen molar-refractivity contribution in [3.8, 4) is 0 Å². The zero-order valence-electron chi connectivity index (χ0n) is 5.32. The maximum atomic E-state index is 12.0. The second kappa shape index (κ2) is 2.88. The van der Waals surface area contributed by atoms with Crippen LogP contribution in [0, 0.1) is 0 Å². The molecule has 0 saturated heterocycles. The van der Waals surface area contributed by atoms with E-state index in [1.807, 2.05) is 0 Å². The van der Waals surface area contributed by atoms with Crippen molar-refractivity contribution in [1.29, 1.82) is 0 Å². The molecule has 3 nitrogen and oxygen atoms in total. The van der Waals surface area contributed by atoms with Gasteiger partial charge in [-0.1, -0.05) is 0 Å². The summed E-state index contributed by atoms with van der Waals surface area (Å²) >= 11 is 0.803. The van der Waals surface area contributed by atoms with E-state index in [0.29, 0.717) is 0 Å². The minimum absolute atomic E-state index is 0.0116. The minimum Gasteiger partial charge on any atom is -0.281 e. The molecule has 0 fully saturated rings. The van der Waals surface area contributed by atoms with E-state index in [1.165, 1.54) is 11.4 Å². The molecule has 1 heterocycles. The van der Waals surface area contributed by atoms with Crippen LogP contribution in [-0.4, -0.2) is 13.0 Å². The van der Waals surface area contributed by atoms with Gasteiger partial charge in [0.25, 0.3) is 0 Å². The highest BCUT2D eigenvalue weighted by Gasteiger charge is 2.16. The molecule has 0 aliphatic rings. The first kappa shape index (κ1) is 8.63. The molecule has 0 atom stereocenters. The number of alkyl halides is 1. The molecule has 1 rings (SSSR count). The van der Waals surface area contributed by atoms with Gasteiger partial charge in [-0.05, 0) is 11.4 Å². The largest absolute Gasteiger partial charge is 0.304 e. The standard InChI is InChI=1S/C5H5FO3S2/c6-3-4-1-2-10-5(4)11(7,8)9/h1-2H,3H2,(H,7,8,9). The first-order valence-electron chi connectivity index (χ1n) is 2.65. The Morgan fingerprint density at radius 1 is 1.64 bits per heavy atom. The molecule has 0 aliphatic carbocycles. The minimum atomic E-state index is -4.22. The monoisotopic (exact) mass is 196 g/mol. The van der Waals surface area contributed by atoms with Crippen LogP contribution in [0.4, 0.5) is 4.39 Å². The summed E-state index contributed by atoms with van der Waals surface area (Å²) in [5, 5.41) is 1.41. The van der Waals surface area contributed by atoms with E-state index in [-0.39, 0.29) is 9.77 Å². The summed E-state index contributed by atoms with van der Waals surface area (Å²) in [6.07, 6.45) is 0. The zero-order valence-corrected chi connectivity index (χ0v) is 6.95. The van der Waals surface area contributed by atoms with Gasteiger partial charge in [0.2, 0.25) is 0 Å². The lowest BCUT2D eigenvalue weighted by atomic mass is 10.4. The third-order valence-electron chi connectivity index (χ3n) is 1.08. The fraction of sp³-hybridized carbons (Fsp3) is 0.200. The predicted octanol–water partition coefficient (Wildman–Crippen LogP) is 1.46. The molecular formula is C5H5FO3S2. The van der Waals surface area contributed by atoms with E-state index in [9.17, 15) is 12.8 Å². The second-order valence-corrected chi connectivity index (χ2v) is 4.37. The smallest absolute Gasteiger partial charge is 0.281 e. The van der Waals surface area contributed by atoms with Crippen molar-refractivity contribution in [3.63, 3.8) is 0 Å². The Bertz CT molecular complexity index is 340. The summed E-state index contributed by atoms with van der Waals surface area (Å²) in [7, 11) is -4.22. The number of halogens is 1.